The quantitative estimate of drug-likeness (QED) is 0.927. The van der Waals surface area contributed by atoms with Crippen LogP contribution in [0.15, 0.2) is 30.3 Å². The van der Waals surface area contributed by atoms with E-state index in [0.717, 1.165) is 31.1 Å². The summed E-state index contributed by atoms with van der Waals surface area (Å²) in [7, 11) is 2.17. The molecular weight excluding hydrogens is 300 g/mol. The maximum atomic E-state index is 4.20. The summed E-state index contributed by atoms with van der Waals surface area (Å²) in [5, 5.41) is 15.6. The fourth-order valence-electron chi connectivity index (χ4n) is 2.87. The molecule has 22 heavy (non-hydrogen) atoms. The van der Waals surface area contributed by atoms with Gasteiger partial charge in [-0.3, -0.25) is 4.90 Å². The molecule has 1 N–H and O–H groups in total. The van der Waals surface area contributed by atoms with Crippen molar-refractivity contribution in [2.24, 2.45) is 0 Å². The van der Waals surface area contributed by atoms with Crippen LogP contribution in [0.5, 0.6) is 0 Å². The van der Waals surface area contributed by atoms with Crippen LogP contribution in [-0.4, -0.2) is 51.3 Å². The summed E-state index contributed by atoms with van der Waals surface area (Å²) in [5.41, 5.74) is 1.01. The van der Waals surface area contributed by atoms with E-state index in [1.807, 2.05) is 35.0 Å². The van der Waals surface area contributed by atoms with E-state index in [2.05, 4.69) is 32.8 Å². The lowest BCUT2D eigenvalue weighted by molar-refractivity contribution is 0.210. The van der Waals surface area contributed by atoms with E-state index in [4.69, 9.17) is 0 Å². The lowest BCUT2D eigenvalue weighted by Gasteiger charge is -2.26. The summed E-state index contributed by atoms with van der Waals surface area (Å²) in [6, 6.07) is 10.6. The molecule has 0 spiro atoms. The Labute approximate surface area is 137 Å². The van der Waals surface area contributed by atoms with Crippen LogP contribution in [-0.2, 0) is 6.54 Å². The van der Waals surface area contributed by atoms with Gasteiger partial charge in [0.15, 0.2) is 5.82 Å². The minimum absolute atomic E-state index is 0. The molecule has 0 bridgehead atoms. The molecule has 1 unspecified atom stereocenters. The van der Waals surface area contributed by atoms with Crippen molar-refractivity contribution in [3.8, 4) is 5.69 Å². The van der Waals surface area contributed by atoms with Crippen molar-refractivity contribution in [1.29, 1.82) is 0 Å². The van der Waals surface area contributed by atoms with Crippen LogP contribution in [0.2, 0.25) is 0 Å². The topological polar surface area (TPSA) is 58.9 Å². The third-order valence-electron chi connectivity index (χ3n) is 4.09. The third-order valence-corrected chi connectivity index (χ3v) is 4.09. The van der Waals surface area contributed by atoms with Crippen LogP contribution < -0.4 is 5.32 Å². The fourth-order valence-corrected chi connectivity index (χ4v) is 2.87. The first-order chi connectivity index (χ1) is 10.3. The Bertz CT molecular complexity index is 550. The van der Waals surface area contributed by atoms with Crippen molar-refractivity contribution >= 4 is 12.4 Å². The minimum Gasteiger partial charge on any atom is -0.317 e. The average Bonchev–Trinajstić information content (AvgIpc) is 2.81. The molecule has 3 rings (SSSR count). The van der Waals surface area contributed by atoms with E-state index in [1.165, 1.54) is 19.3 Å². The van der Waals surface area contributed by atoms with Crippen molar-refractivity contribution in [3.63, 3.8) is 0 Å². The van der Waals surface area contributed by atoms with Crippen molar-refractivity contribution in [1.82, 2.24) is 30.4 Å². The number of para-hydroxylation sites is 1. The number of hydrogen-bond donors (Lipinski definition) is 1. The molecule has 0 saturated carbocycles. The predicted molar refractivity (Wildman–Crippen MR) is 88.4 cm³/mol. The SMILES string of the molecule is CN(Cc1nnnn1-c1ccccc1)C1CCCNCC1.Cl. The van der Waals surface area contributed by atoms with Gasteiger partial charge in [-0.05, 0) is 62.0 Å². The summed E-state index contributed by atoms with van der Waals surface area (Å²) in [5.74, 6) is 0.890. The van der Waals surface area contributed by atoms with Crippen LogP contribution in [0.4, 0.5) is 0 Å². The monoisotopic (exact) mass is 322 g/mol. The van der Waals surface area contributed by atoms with Gasteiger partial charge in [-0.1, -0.05) is 18.2 Å². The van der Waals surface area contributed by atoms with Crippen LogP contribution in [0.3, 0.4) is 0 Å². The number of aromatic nitrogens is 4. The van der Waals surface area contributed by atoms with E-state index in [0.29, 0.717) is 6.04 Å². The van der Waals surface area contributed by atoms with E-state index in [-0.39, 0.29) is 12.4 Å². The number of halogens is 1. The first-order valence-electron chi connectivity index (χ1n) is 7.58. The van der Waals surface area contributed by atoms with Crippen LogP contribution in [0.1, 0.15) is 25.1 Å². The predicted octanol–water partition coefficient (Wildman–Crippen LogP) is 1.66. The highest BCUT2D eigenvalue weighted by Gasteiger charge is 2.19. The molecule has 1 aliphatic rings. The molecule has 0 amide bonds. The molecule has 1 aromatic heterocycles. The number of tetrazole rings is 1. The normalized spacial score (nSPS) is 18.7. The fraction of sp³-hybridized carbons (Fsp3) is 0.533. The number of rotatable bonds is 4. The molecule has 1 aromatic carbocycles. The van der Waals surface area contributed by atoms with Gasteiger partial charge in [0.2, 0.25) is 0 Å². The van der Waals surface area contributed by atoms with E-state index < -0.39 is 0 Å². The number of benzene rings is 1. The minimum atomic E-state index is 0. The standard InChI is InChI=1S/C15H22N6.ClH/c1-20(13-8-5-10-16-11-9-13)12-15-17-18-19-21(15)14-6-3-2-4-7-14;/h2-4,6-7,13,16H,5,8-12H2,1H3;1H. The van der Waals surface area contributed by atoms with Crippen LogP contribution in [0.25, 0.3) is 5.69 Å². The average molecular weight is 323 g/mol. The largest absolute Gasteiger partial charge is 0.317 e. The number of hydrogen-bond acceptors (Lipinski definition) is 5. The molecule has 2 aromatic rings. The van der Waals surface area contributed by atoms with Crippen molar-refractivity contribution in [2.45, 2.75) is 31.8 Å². The molecule has 1 fully saturated rings. The Morgan fingerprint density at radius 3 is 2.86 bits per heavy atom. The molecule has 0 aliphatic carbocycles. The lowest BCUT2D eigenvalue weighted by atomic mass is 10.1. The Morgan fingerprint density at radius 1 is 1.23 bits per heavy atom. The van der Waals surface area contributed by atoms with E-state index in [9.17, 15) is 0 Å². The first-order valence-corrected chi connectivity index (χ1v) is 7.58. The highest BCUT2D eigenvalue weighted by atomic mass is 35.5. The maximum absolute atomic E-state index is 4.20. The molecule has 7 heteroatoms. The van der Waals surface area contributed by atoms with Crippen molar-refractivity contribution in [2.75, 3.05) is 20.1 Å². The third kappa shape index (κ3) is 4.03. The molecular formula is C15H23ClN6. The zero-order chi connectivity index (χ0) is 14.5. The van der Waals surface area contributed by atoms with Crippen molar-refractivity contribution in [3.05, 3.63) is 36.2 Å². The molecule has 2 heterocycles. The molecule has 0 radical (unpaired) electrons. The zero-order valence-electron chi connectivity index (χ0n) is 12.9. The molecule has 1 aliphatic heterocycles. The molecule has 1 saturated heterocycles. The summed E-state index contributed by atoms with van der Waals surface area (Å²) >= 11 is 0. The van der Waals surface area contributed by atoms with Gasteiger partial charge in [0, 0.05) is 6.04 Å². The Balaban J connectivity index is 0.00000176. The smallest absolute Gasteiger partial charge is 0.170 e. The van der Waals surface area contributed by atoms with Gasteiger partial charge in [0.1, 0.15) is 0 Å². The molecule has 6 nitrogen and oxygen atoms in total. The summed E-state index contributed by atoms with van der Waals surface area (Å²) in [6.45, 7) is 3.00. The van der Waals surface area contributed by atoms with E-state index in [1.54, 1.807) is 0 Å². The van der Waals surface area contributed by atoms with Crippen molar-refractivity contribution < 1.29 is 0 Å². The molecule has 120 valence electrons. The van der Waals surface area contributed by atoms with Gasteiger partial charge < -0.3 is 5.32 Å². The van der Waals surface area contributed by atoms with Crippen LogP contribution in [0, 0.1) is 0 Å². The second kappa shape index (κ2) is 8.22. The number of nitrogens with zero attached hydrogens (tertiary/aromatic N) is 5. The Morgan fingerprint density at radius 2 is 2.05 bits per heavy atom. The zero-order valence-corrected chi connectivity index (χ0v) is 13.7. The van der Waals surface area contributed by atoms with Gasteiger partial charge in [0.25, 0.3) is 0 Å². The van der Waals surface area contributed by atoms with Crippen LogP contribution >= 0.6 is 12.4 Å². The highest BCUT2D eigenvalue weighted by Crippen LogP contribution is 2.15. The second-order valence-corrected chi connectivity index (χ2v) is 5.59. The van der Waals surface area contributed by atoms with Gasteiger partial charge in [0.05, 0.1) is 12.2 Å². The van der Waals surface area contributed by atoms with Gasteiger partial charge in [-0.25, -0.2) is 0 Å². The maximum Gasteiger partial charge on any atom is 0.170 e. The first kappa shape index (κ1) is 16.9. The van der Waals surface area contributed by atoms with Gasteiger partial charge in [-0.2, -0.15) is 4.68 Å². The highest BCUT2D eigenvalue weighted by molar-refractivity contribution is 5.85. The summed E-state index contributed by atoms with van der Waals surface area (Å²) in [4.78, 5) is 2.37. The van der Waals surface area contributed by atoms with Gasteiger partial charge in [-0.15, -0.1) is 17.5 Å². The van der Waals surface area contributed by atoms with E-state index >= 15 is 0 Å². The summed E-state index contributed by atoms with van der Waals surface area (Å²) < 4.78 is 1.82. The Hall–Kier alpha value is -1.50. The van der Waals surface area contributed by atoms with Gasteiger partial charge >= 0.3 is 0 Å². The Kier molecular flexibility index (Phi) is 6.30. The molecule has 1 atom stereocenters. The second-order valence-electron chi connectivity index (χ2n) is 5.59. The summed E-state index contributed by atoms with van der Waals surface area (Å²) in [6.07, 6.45) is 3.65. The number of nitrogens with one attached hydrogen (secondary N) is 1. The lowest BCUT2D eigenvalue weighted by Crippen LogP contribution is -2.33.